The van der Waals surface area contributed by atoms with Crippen LogP contribution >= 0.6 is 0 Å². The molecule has 2 saturated heterocycles. The van der Waals surface area contributed by atoms with Crippen LogP contribution in [0.15, 0.2) is 55.4 Å². The van der Waals surface area contributed by atoms with Crippen molar-refractivity contribution >= 4 is 34.1 Å². The van der Waals surface area contributed by atoms with Gasteiger partial charge in [0.05, 0.1) is 24.3 Å². The van der Waals surface area contributed by atoms with E-state index in [-0.39, 0.29) is 29.4 Å². The van der Waals surface area contributed by atoms with E-state index in [2.05, 4.69) is 21.4 Å². The maximum absolute atomic E-state index is 13.3. The Bertz CT molecular complexity index is 1320. The standard InChI is InChI=1S/C25H23N5O3/c1-2-22(32)28-11-25(12-28)13-29(14-25)24-19-9-23(33)30(10-20(19)26-15-27-24)21-8-17(31)7-16-5-3-4-6-18(16)21/h2-8,15,31H,1,9-14H2. The van der Waals surface area contributed by atoms with Crippen molar-refractivity contribution < 1.29 is 14.7 Å². The third-order valence-corrected chi connectivity index (χ3v) is 6.96. The van der Waals surface area contributed by atoms with Crippen LogP contribution in [0, 0.1) is 5.41 Å². The number of fused-ring (bicyclic) bond motifs is 2. The number of phenolic OH excluding ortho intramolecular Hbond substituents is 1. The second-order valence-electron chi connectivity index (χ2n) is 9.22. The highest BCUT2D eigenvalue weighted by molar-refractivity contribution is 6.06. The monoisotopic (exact) mass is 441 g/mol. The molecule has 33 heavy (non-hydrogen) atoms. The molecule has 2 aromatic carbocycles. The Balaban J connectivity index is 1.26. The number of carbonyl (C=O) groups is 2. The average molecular weight is 441 g/mol. The molecule has 0 radical (unpaired) electrons. The number of hydrogen-bond acceptors (Lipinski definition) is 6. The number of nitrogens with zero attached hydrogens (tertiary/aromatic N) is 5. The summed E-state index contributed by atoms with van der Waals surface area (Å²) in [6.07, 6.45) is 3.12. The molecule has 2 amide bonds. The van der Waals surface area contributed by atoms with Gasteiger partial charge >= 0.3 is 0 Å². The second kappa shape index (κ2) is 7.03. The number of amides is 2. The molecular formula is C25H23N5O3. The Morgan fingerprint density at radius 3 is 2.70 bits per heavy atom. The van der Waals surface area contributed by atoms with Crippen molar-refractivity contribution in [3.63, 3.8) is 0 Å². The highest BCUT2D eigenvalue weighted by Crippen LogP contribution is 2.43. The van der Waals surface area contributed by atoms with E-state index in [1.807, 2.05) is 24.3 Å². The normalized spacial score (nSPS) is 18.7. The molecule has 3 aromatic rings. The van der Waals surface area contributed by atoms with Crippen LogP contribution in [0.1, 0.15) is 11.3 Å². The van der Waals surface area contributed by atoms with Crippen LogP contribution in [-0.2, 0) is 22.6 Å². The molecule has 1 N–H and O–H groups in total. The Hall–Kier alpha value is -3.94. The third-order valence-electron chi connectivity index (χ3n) is 6.96. The van der Waals surface area contributed by atoms with E-state index in [9.17, 15) is 14.7 Å². The van der Waals surface area contributed by atoms with Crippen LogP contribution in [0.4, 0.5) is 11.5 Å². The van der Waals surface area contributed by atoms with Crippen LogP contribution in [0.5, 0.6) is 5.75 Å². The van der Waals surface area contributed by atoms with Crippen LogP contribution in [-0.4, -0.2) is 58.0 Å². The predicted octanol–water partition coefficient (Wildman–Crippen LogP) is 2.26. The Morgan fingerprint density at radius 1 is 1.12 bits per heavy atom. The van der Waals surface area contributed by atoms with E-state index in [0.29, 0.717) is 12.2 Å². The number of carbonyl (C=O) groups excluding carboxylic acids is 2. The highest BCUT2D eigenvalue weighted by atomic mass is 16.3. The van der Waals surface area contributed by atoms with Gasteiger partial charge in [-0.2, -0.15) is 0 Å². The molecule has 0 unspecified atom stereocenters. The third kappa shape index (κ3) is 3.05. The fourth-order valence-electron chi connectivity index (χ4n) is 5.39. The molecule has 8 heteroatoms. The Morgan fingerprint density at radius 2 is 1.91 bits per heavy atom. The molecule has 1 aromatic heterocycles. The summed E-state index contributed by atoms with van der Waals surface area (Å²) in [6, 6.07) is 11.1. The zero-order valence-electron chi connectivity index (χ0n) is 18.1. The van der Waals surface area contributed by atoms with Crippen molar-refractivity contribution in [2.75, 3.05) is 36.0 Å². The molecule has 166 valence electrons. The first kappa shape index (κ1) is 19.7. The van der Waals surface area contributed by atoms with Crippen molar-refractivity contribution in [2.24, 2.45) is 5.41 Å². The zero-order chi connectivity index (χ0) is 22.7. The molecule has 1 spiro atoms. The quantitative estimate of drug-likeness (QED) is 0.627. The summed E-state index contributed by atoms with van der Waals surface area (Å²) in [5, 5.41) is 12.0. The number of aromatic nitrogens is 2. The van der Waals surface area contributed by atoms with Gasteiger partial charge in [-0.05, 0) is 17.5 Å². The molecule has 2 fully saturated rings. The van der Waals surface area contributed by atoms with Gasteiger partial charge in [0.1, 0.15) is 17.9 Å². The Labute approximate surface area is 190 Å². The number of anilines is 2. The van der Waals surface area contributed by atoms with Gasteiger partial charge in [0.2, 0.25) is 11.8 Å². The van der Waals surface area contributed by atoms with Gasteiger partial charge in [-0.15, -0.1) is 0 Å². The summed E-state index contributed by atoms with van der Waals surface area (Å²) in [5.41, 5.74) is 2.49. The van der Waals surface area contributed by atoms with Crippen molar-refractivity contribution in [3.05, 3.63) is 66.6 Å². The minimum Gasteiger partial charge on any atom is -0.508 e. The summed E-state index contributed by atoms with van der Waals surface area (Å²) < 4.78 is 0. The minimum atomic E-state index is -0.0454. The minimum absolute atomic E-state index is 0.0244. The fourth-order valence-corrected chi connectivity index (χ4v) is 5.39. The molecule has 6 rings (SSSR count). The van der Waals surface area contributed by atoms with Crippen molar-refractivity contribution in [1.29, 1.82) is 0 Å². The number of rotatable bonds is 3. The van der Waals surface area contributed by atoms with Crippen LogP contribution < -0.4 is 9.80 Å². The van der Waals surface area contributed by atoms with Crippen LogP contribution in [0.3, 0.4) is 0 Å². The van der Waals surface area contributed by atoms with E-state index in [1.165, 1.54) is 6.08 Å². The average Bonchev–Trinajstić information content (AvgIpc) is 2.76. The summed E-state index contributed by atoms with van der Waals surface area (Å²) in [5.74, 6) is 0.869. The molecule has 3 aliphatic rings. The van der Waals surface area contributed by atoms with E-state index in [1.54, 1.807) is 28.3 Å². The lowest BCUT2D eigenvalue weighted by Gasteiger charge is -2.60. The van der Waals surface area contributed by atoms with E-state index in [4.69, 9.17) is 0 Å². The number of benzene rings is 2. The first-order valence-corrected chi connectivity index (χ1v) is 11.0. The smallest absolute Gasteiger partial charge is 0.245 e. The topological polar surface area (TPSA) is 89.9 Å². The van der Waals surface area contributed by atoms with Crippen molar-refractivity contribution in [2.45, 2.75) is 13.0 Å². The van der Waals surface area contributed by atoms with E-state index in [0.717, 1.165) is 54.0 Å². The molecule has 8 nitrogen and oxygen atoms in total. The summed E-state index contributed by atoms with van der Waals surface area (Å²) in [4.78, 5) is 39.7. The number of likely N-dealkylation sites (tertiary alicyclic amines) is 1. The fraction of sp³-hybridized carbons (Fsp3) is 0.280. The lowest BCUT2D eigenvalue weighted by Crippen LogP contribution is -2.73. The molecule has 0 saturated carbocycles. The molecule has 0 aliphatic carbocycles. The summed E-state index contributed by atoms with van der Waals surface area (Å²) in [6.45, 7) is 6.98. The first-order valence-electron chi connectivity index (χ1n) is 11.0. The van der Waals surface area contributed by atoms with Gasteiger partial charge in [-0.25, -0.2) is 9.97 Å². The maximum atomic E-state index is 13.3. The summed E-state index contributed by atoms with van der Waals surface area (Å²) in [7, 11) is 0. The molecule has 4 heterocycles. The first-order chi connectivity index (χ1) is 16.0. The van der Waals surface area contributed by atoms with Gasteiger partial charge in [0.15, 0.2) is 0 Å². The molecule has 0 atom stereocenters. The lowest BCUT2D eigenvalue weighted by molar-refractivity contribution is -0.139. The molecular weight excluding hydrogens is 418 g/mol. The number of phenols is 1. The van der Waals surface area contributed by atoms with Gasteiger partial charge in [-0.3, -0.25) is 9.59 Å². The van der Waals surface area contributed by atoms with Crippen molar-refractivity contribution in [3.8, 4) is 5.75 Å². The SMILES string of the molecule is C=CC(=O)N1CC2(C1)CN(c1ncnc3c1CC(=O)N(c1cc(O)cc4ccccc14)C3)C2. The van der Waals surface area contributed by atoms with Gasteiger partial charge in [-0.1, -0.05) is 30.8 Å². The second-order valence-corrected chi connectivity index (χ2v) is 9.22. The van der Waals surface area contributed by atoms with E-state index < -0.39 is 0 Å². The largest absolute Gasteiger partial charge is 0.508 e. The van der Waals surface area contributed by atoms with Crippen LogP contribution in [0.2, 0.25) is 0 Å². The van der Waals surface area contributed by atoms with Gasteiger partial charge in [0, 0.05) is 48.6 Å². The molecule has 0 bridgehead atoms. The number of aromatic hydroxyl groups is 1. The molecule has 3 aliphatic heterocycles. The lowest BCUT2D eigenvalue weighted by atomic mass is 9.72. The van der Waals surface area contributed by atoms with Gasteiger partial charge in [0.25, 0.3) is 0 Å². The Kier molecular flexibility index (Phi) is 4.20. The zero-order valence-corrected chi connectivity index (χ0v) is 18.1. The highest BCUT2D eigenvalue weighted by Gasteiger charge is 2.53. The van der Waals surface area contributed by atoms with Crippen molar-refractivity contribution in [1.82, 2.24) is 14.9 Å². The van der Waals surface area contributed by atoms with Gasteiger partial charge < -0.3 is 19.8 Å². The predicted molar refractivity (Wildman–Crippen MR) is 124 cm³/mol. The number of hydrogen-bond donors (Lipinski definition) is 1. The maximum Gasteiger partial charge on any atom is 0.245 e. The van der Waals surface area contributed by atoms with E-state index >= 15 is 0 Å². The summed E-state index contributed by atoms with van der Waals surface area (Å²) >= 11 is 0. The van der Waals surface area contributed by atoms with Crippen LogP contribution in [0.25, 0.3) is 10.8 Å².